The van der Waals surface area contributed by atoms with Gasteiger partial charge in [-0.05, 0) is 43.9 Å². The Kier molecular flexibility index (Phi) is 3.90. The van der Waals surface area contributed by atoms with Crippen molar-refractivity contribution < 1.29 is 8.42 Å². The van der Waals surface area contributed by atoms with Gasteiger partial charge >= 0.3 is 0 Å². The van der Waals surface area contributed by atoms with E-state index < -0.39 is 10.0 Å². The zero-order valence-electron chi connectivity index (χ0n) is 12.2. The van der Waals surface area contributed by atoms with Crippen LogP contribution in [0.4, 0.5) is 0 Å². The highest BCUT2D eigenvalue weighted by atomic mass is 32.2. The molecule has 0 amide bonds. The van der Waals surface area contributed by atoms with Crippen molar-refractivity contribution in [1.29, 1.82) is 0 Å². The zero-order valence-corrected chi connectivity index (χ0v) is 13.8. The monoisotopic (exact) mass is 325 g/mol. The van der Waals surface area contributed by atoms with E-state index in [1.807, 2.05) is 19.1 Å². The molecule has 0 unspecified atom stereocenters. The third-order valence-corrected chi connectivity index (χ3v) is 7.35. The molecular formula is C14H19N3O2S2. The molecule has 1 aliphatic heterocycles. The van der Waals surface area contributed by atoms with Gasteiger partial charge in [0.1, 0.15) is 9.90 Å². The molecule has 1 aliphatic rings. The molecule has 7 heteroatoms. The van der Waals surface area contributed by atoms with Gasteiger partial charge in [-0.3, -0.25) is 5.10 Å². The van der Waals surface area contributed by atoms with Crippen LogP contribution < -0.4 is 0 Å². The van der Waals surface area contributed by atoms with Crippen LogP contribution in [0.15, 0.2) is 22.4 Å². The van der Waals surface area contributed by atoms with Crippen molar-refractivity contribution >= 4 is 21.4 Å². The molecule has 3 rings (SSSR count). The van der Waals surface area contributed by atoms with E-state index >= 15 is 0 Å². The van der Waals surface area contributed by atoms with Crippen molar-refractivity contribution in [3.05, 3.63) is 23.9 Å². The van der Waals surface area contributed by atoms with Crippen LogP contribution in [0.2, 0.25) is 0 Å². The summed E-state index contributed by atoms with van der Waals surface area (Å²) in [4.78, 5) is 0.878. The molecular weight excluding hydrogens is 306 g/mol. The normalized spacial score (nSPS) is 18.2. The number of aryl methyl sites for hydroxylation is 1. The molecule has 3 heterocycles. The SMILES string of the molecule is Cc1cc(-c2ccc(S(=O)(=O)N3CCC(C)CC3)s2)n[nH]1. The fourth-order valence-corrected chi connectivity index (χ4v) is 5.38. The molecule has 0 radical (unpaired) electrons. The second-order valence-corrected chi connectivity index (χ2v) is 8.89. The van der Waals surface area contributed by atoms with Gasteiger partial charge in [0, 0.05) is 18.8 Å². The Bertz CT molecular complexity index is 725. The summed E-state index contributed by atoms with van der Waals surface area (Å²) >= 11 is 1.29. The van der Waals surface area contributed by atoms with E-state index in [0.29, 0.717) is 23.2 Å². The quantitative estimate of drug-likeness (QED) is 0.943. The van der Waals surface area contributed by atoms with Crippen LogP contribution in [-0.2, 0) is 10.0 Å². The molecule has 0 saturated carbocycles. The van der Waals surface area contributed by atoms with E-state index in [9.17, 15) is 8.42 Å². The first kappa shape index (κ1) is 14.7. The fourth-order valence-electron chi connectivity index (χ4n) is 2.49. The molecule has 0 aromatic carbocycles. The number of sulfonamides is 1. The Morgan fingerprint density at radius 3 is 2.67 bits per heavy atom. The van der Waals surface area contributed by atoms with Gasteiger partial charge in [0.25, 0.3) is 10.0 Å². The summed E-state index contributed by atoms with van der Waals surface area (Å²) in [5.74, 6) is 0.613. The van der Waals surface area contributed by atoms with Crippen molar-refractivity contribution in [2.75, 3.05) is 13.1 Å². The van der Waals surface area contributed by atoms with E-state index in [4.69, 9.17) is 0 Å². The minimum absolute atomic E-state index is 0.410. The van der Waals surface area contributed by atoms with E-state index in [1.165, 1.54) is 11.3 Å². The summed E-state index contributed by atoms with van der Waals surface area (Å²) in [6.45, 7) is 5.35. The summed E-state index contributed by atoms with van der Waals surface area (Å²) in [5.41, 5.74) is 1.76. The first-order valence-corrected chi connectivity index (χ1v) is 9.35. The summed E-state index contributed by atoms with van der Waals surface area (Å²) in [6.07, 6.45) is 1.88. The standard InChI is InChI=1S/C14H19N3O2S2/c1-10-5-7-17(8-6-10)21(18,19)14-4-3-13(20-14)12-9-11(2)15-16-12/h3-4,9-10H,5-8H2,1-2H3,(H,15,16). The lowest BCUT2D eigenvalue weighted by atomic mass is 10.0. The number of thiophene rings is 1. The molecule has 0 spiro atoms. The van der Waals surface area contributed by atoms with E-state index in [0.717, 1.165) is 29.1 Å². The number of aromatic nitrogens is 2. The molecule has 114 valence electrons. The smallest absolute Gasteiger partial charge is 0.252 e. The van der Waals surface area contributed by atoms with Crippen LogP contribution in [0.5, 0.6) is 0 Å². The Morgan fingerprint density at radius 2 is 2.05 bits per heavy atom. The highest BCUT2D eigenvalue weighted by Crippen LogP contribution is 2.32. The van der Waals surface area contributed by atoms with Gasteiger partial charge in [-0.15, -0.1) is 11.3 Å². The number of piperidine rings is 1. The topological polar surface area (TPSA) is 66.1 Å². The van der Waals surface area contributed by atoms with Crippen LogP contribution in [-0.4, -0.2) is 36.0 Å². The maximum atomic E-state index is 12.7. The van der Waals surface area contributed by atoms with E-state index in [2.05, 4.69) is 17.1 Å². The predicted molar refractivity (Wildman–Crippen MR) is 83.8 cm³/mol. The number of hydrogen-bond donors (Lipinski definition) is 1. The van der Waals surface area contributed by atoms with Gasteiger partial charge in [-0.2, -0.15) is 9.40 Å². The Balaban J connectivity index is 1.85. The molecule has 1 saturated heterocycles. The number of rotatable bonds is 3. The lowest BCUT2D eigenvalue weighted by molar-refractivity contribution is 0.288. The average Bonchev–Trinajstić information content (AvgIpc) is 3.08. The van der Waals surface area contributed by atoms with Crippen LogP contribution >= 0.6 is 11.3 Å². The molecule has 0 aliphatic carbocycles. The molecule has 5 nitrogen and oxygen atoms in total. The lowest BCUT2D eigenvalue weighted by Gasteiger charge is -2.28. The number of hydrogen-bond acceptors (Lipinski definition) is 4. The van der Waals surface area contributed by atoms with Crippen LogP contribution in [0.25, 0.3) is 10.6 Å². The van der Waals surface area contributed by atoms with Gasteiger partial charge in [0.2, 0.25) is 0 Å². The summed E-state index contributed by atoms with van der Waals surface area (Å²) in [7, 11) is -3.35. The highest BCUT2D eigenvalue weighted by Gasteiger charge is 2.29. The van der Waals surface area contributed by atoms with Crippen molar-refractivity contribution in [3.8, 4) is 10.6 Å². The predicted octanol–water partition coefficient (Wildman–Crippen LogP) is 2.87. The van der Waals surface area contributed by atoms with Crippen molar-refractivity contribution in [1.82, 2.24) is 14.5 Å². The first-order chi connectivity index (χ1) is 9.96. The molecule has 0 bridgehead atoms. The molecule has 2 aromatic rings. The Morgan fingerprint density at radius 1 is 1.33 bits per heavy atom. The summed E-state index contributed by atoms with van der Waals surface area (Å²) < 4.78 is 27.3. The second-order valence-electron chi connectivity index (χ2n) is 5.64. The minimum atomic E-state index is -3.35. The van der Waals surface area contributed by atoms with Crippen LogP contribution in [0.3, 0.4) is 0 Å². The lowest BCUT2D eigenvalue weighted by Crippen LogP contribution is -2.37. The minimum Gasteiger partial charge on any atom is -0.282 e. The summed E-state index contributed by atoms with van der Waals surface area (Å²) in [5, 5.41) is 7.06. The van der Waals surface area contributed by atoms with Crippen LogP contribution in [0.1, 0.15) is 25.5 Å². The van der Waals surface area contributed by atoms with Crippen molar-refractivity contribution in [2.45, 2.75) is 30.9 Å². The third-order valence-electron chi connectivity index (χ3n) is 3.88. The van der Waals surface area contributed by atoms with Gasteiger partial charge in [0.15, 0.2) is 0 Å². The van der Waals surface area contributed by atoms with Gasteiger partial charge in [0.05, 0.1) is 4.88 Å². The number of nitrogens with zero attached hydrogens (tertiary/aromatic N) is 2. The van der Waals surface area contributed by atoms with Crippen molar-refractivity contribution in [2.24, 2.45) is 5.92 Å². The molecule has 1 N–H and O–H groups in total. The molecule has 1 fully saturated rings. The largest absolute Gasteiger partial charge is 0.282 e. The fraction of sp³-hybridized carbons (Fsp3) is 0.500. The first-order valence-electron chi connectivity index (χ1n) is 7.09. The van der Waals surface area contributed by atoms with Gasteiger partial charge in [-0.1, -0.05) is 6.92 Å². The zero-order chi connectivity index (χ0) is 15.0. The Labute approximate surface area is 129 Å². The number of H-pyrrole nitrogens is 1. The number of aromatic amines is 1. The van der Waals surface area contributed by atoms with E-state index in [-0.39, 0.29) is 0 Å². The number of nitrogens with one attached hydrogen (secondary N) is 1. The van der Waals surface area contributed by atoms with E-state index in [1.54, 1.807) is 10.4 Å². The third kappa shape index (κ3) is 2.90. The van der Waals surface area contributed by atoms with Crippen molar-refractivity contribution in [3.63, 3.8) is 0 Å². The van der Waals surface area contributed by atoms with Crippen LogP contribution in [0, 0.1) is 12.8 Å². The maximum Gasteiger partial charge on any atom is 0.252 e. The second kappa shape index (κ2) is 5.55. The molecule has 21 heavy (non-hydrogen) atoms. The molecule has 0 atom stereocenters. The molecule has 2 aromatic heterocycles. The van der Waals surface area contributed by atoms with Gasteiger partial charge < -0.3 is 0 Å². The highest BCUT2D eigenvalue weighted by molar-refractivity contribution is 7.91. The summed E-state index contributed by atoms with van der Waals surface area (Å²) in [6, 6.07) is 5.45. The maximum absolute atomic E-state index is 12.7. The van der Waals surface area contributed by atoms with Gasteiger partial charge in [-0.25, -0.2) is 8.42 Å². The Hall–Kier alpha value is -1.18. The average molecular weight is 325 g/mol.